The standard InChI is InChI=1S/C17H26N2/c1-4-19(12-14(2)3)13-16-7-5-15(6-8-16)11-18-17-9-10-17/h5-8,17-18H,2,4,9-13H2,1,3H3. The molecule has 0 unspecified atom stereocenters. The fourth-order valence-corrected chi connectivity index (χ4v) is 2.23. The predicted molar refractivity (Wildman–Crippen MR) is 82.1 cm³/mol. The van der Waals surface area contributed by atoms with E-state index in [2.05, 4.69) is 54.9 Å². The largest absolute Gasteiger partial charge is 0.310 e. The van der Waals surface area contributed by atoms with Crippen LogP contribution in [0.1, 0.15) is 37.8 Å². The lowest BCUT2D eigenvalue weighted by Gasteiger charge is -2.20. The minimum atomic E-state index is 0.783. The first-order valence-electron chi connectivity index (χ1n) is 7.35. The van der Waals surface area contributed by atoms with Gasteiger partial charge in [0.25, 0.3) is 0 Å². The number of hydrogen-bond donors (Lipinski definition) is 1. The summed E-state index contributed by atoms with van der Waals surface area (Å²) in [5.41, 5.74) is 4.00. The van der Waals surface area contributed by atoms with E-state index in [9.17, 15) is 0 Å². The molecule has 1 aromatic rings. The molecule has 0 radical (unpaired) electrons. The van der Waals surface area contributed by atoms with Crippen molar-refractivity contribution in [1.29, 1.82) is 0 Å². The normalized spacial score (nSPS) is 14.9. The van der Waals surface area contributed by atoms with Gasteiger partial charge in [-0.25, -0.2) is 0 Å². The Morgan fingerprint density at radius 3 is 2.42 bits per heavy atom. The van der Waals surface area contributed by atoms with Crippen LogP contribution in [0, 0.1) is 0 Å². The Morgan fingerprint density at radius 1 is 1.26 bits per heavy atom. The average Bonchev–Trinajstić information content (AvgIpc) is 3.20. The molecular weight excluding hydrogens is 232 g/mol. The highest BCUT2D eigenvalue weighted by molar-refractivity contribution is 5.22. The molecule has 0 spiro atoms. The molecule has 2 nitrogen and oxygen atoms in total. The number of likely N-dealkylation sites (N-methyl/N-ethyl adjacent to an activating group) is 1. The van der Waals surface area contributed by atoms with E-state index in [1.165, 1.54) is 29.5 Å². The molecule has 19 heavy (non-hydrogen) atoms. The van der Waals surface area contributed by atoms with Crippen molar-refractivity contribution in [2.24, 2.45) is 0 Å². The third-order valence-electron chi connectivity index (χ3n) is 3.54. The van der Waals surface area contributed by atoms with Crippen LogP contribution in [0.5, 0.6) is 0 Å². The van der Waals surface area contributed by atoms with Crippen molar-refractivity contribution < 1.29 is 0 Å². The molecule has 1 aliphatic rings. The number of benzene rings is 1. The van der Waals surface area contributed by atoms with Crippen molar-refractivity contribution in [2.75, 3.05) is 13.1 Å². The van der Waals surface area contributed by atoms with Crippen molar-refractivity contribution in [1.82, 2.24) is 10.2 Å². The Morgan fingerprint density at radius 2 is 1.89 bits per heavy atom. The SMILES string of the molecule is C=C(C)CN(CC)Cc1ccc(CNC2CC2)cc1. The molecule has 2 heteroatoms. The highest BCUT2D eigenvalue weighted by Gasteiger charge is 2.19. The van der Waals surface area contributed by atoms with E-state index < -0.39 is 0 Å². The molecule has 1 N–H and O–H groups in total. The van der Waals surface area contributed by atoms with E-state index in [0.717, 1.165) is 32.2 Å². The van der Waals surface area contributed by atoms with Gasteiger partial charge in [0.15, 0.2) is 0 Å². The molecule has 1 fully saturated rings. The Kier molecular flexibility index (Phi) is 5.17. The number of nitrogens with one attached hydrogen (secondary N) is 1. The van der Waals surface area contributed by atoms with Crippen LogP contribution >= 0.6 is 0 Å². The Balaban J connectivity index is 1.83. The van der Waals surface area contributed by atoms with Gasteiger partial charge in [-0.05, 0) is 37.4 Å². The summed E-state index contributed by atoms with van der Waals surface area (Å²) >= 11 is 0. The zero-order chi connectivity index (χ0) is 13.7. The maximum Gasteiger partial charge on any atom is 0.0237 e. The number of rotatable bonds is 8. The zero-order valence-corrected chi connectivity index (χ0v) is 12.3. The van der Waals surface area contributed by atoms with Gasteiger partial charge in [-0.15, -0.1) is 0 Å². The van der Waals surface area contributed by atoms with Crippen molar-refractivity contribution in [3.05, 3.63) is 47.5 Å². The molecule has 0 heterocycles. The lowest BCUT2D eigenvalue weighted by Crippen LogP contribution is -2.24. The zero-order valence-electron chi connectivity index (χ0n) is 12.3. The van der Waals surface area contributed by atoms with Gasteiger partial charge in [-0.1, -0.05) is 43.3 Å². The lowest BCUT2D eigenvalue weighted by molar-refractivity contribution is 0.304. The van der Waals surface area contributed by atoms with Gasteiger partial charge in [-0.3, -0.25) is 4.90 Å². The summed E-state index contributed by atoms with van der Waals surface area (Å²) in [6.07, 6.45) is 2.70. The monoisotopic (exact) mass is 258 g/mol. The number of hydrogen-bond acceptors (Lipinski definition) is 2. The van der Waals surface area contributed by atoms with E-state index in [1.807, 2.05) is 0 Å². The van der Waals surface area contributed by atoms with Gasteiger partial charge in [0.2, 0.25) is 0 Å². The second kappa shape index (κ2) is 6.88. The fraction of sp³-hybridized carbons (Fsp3) is 0.529. The quantitative estimate of drug-likeness (QED) is 0.719. The topological polar surface area (TPSA) is 15.3 Å². The van der Waals surface area contributed by atoms with Crippen LogP contribution in [0.15, 0.2) is 36.4 Å². The summed E-state index contributed by atoms with van der Waals surface area (Å²) < 4.78 is 0. The van der Waals surface area contributed by atoms with E-state index in [4.69, 9.17) is 0 Å². The van der Waals surface area contributed by atoms with Crippen LogP contribution in [0.4, 0.5) is 0 Å². The molecule has 0 bridgehead atoms. The molecule has 0 aliphatic heterocycles. The van der Waals surface area contributed by atoms with Gasteiger partial charge < -0.3 is 5.32 Å². The van der Waals surface area contributed by atoms with E-state index in [1.54, 1.807) is 0 Å². The molecule has 0 amide bonds. The lowest BCUT2D eigenvalue weighted by atomic mass is 10.1. The minimum Gasteiger partial charge on any atom is -0.310 e. The smallest absolute Gasteiger partial charge is 0.0237 e. The minimum absolute atomic E-state index is 0.783. The highest BCUT2D eigenvalue weighted by Crippen LogP contribution is 2.19. The Bertz CT molecular complexity index is 404. The second-order valence-corrected chi connectivity index (χ2v) is 5.73. The van der Waals surface area contributed by atoms with Gasteiger partial charge in [-0.2, -0.15) is 0 Å². The third-order valence-corrected chi connectivity index (χ3v) is 3.54. The molecular formula is C17H26N2. The van der Waals surface area contributed by atoms with Gasteiger partial charge >= 0.3 is 0 Å². The van der Waals surface area contributed by atoms with Gasteiger partial charge in [0.1, 0.15) is 0 Å². The molecule has 2 rings (SSSR count). The maximum absolute atomic E-state index is 4.00. The van der Waals surface area contributed by atoms with Crippen molar-refractivity contribution >= 4 is 0 Å². The summed E-state index contributed by atoms with van der Waals surface area (Å²) in [5, 5.41) is 3.55. The Labute approximate surface area is 117 Å². The molecule has 1 aromatic carbocycles. The fourth-order valence-electron chi connectivity index (χ4n) is 2.23. The van der Waals surface area contributed by atoms with Gasteiger partial charge in [0, 0.05) is 25.7 Å². The van der Waals surface area contributed by atoms with Crippen LogP contribution in [0.2, 0.25) is 0 Å². The van der Waals surface area contributed by atoms with Crippen LogP contribution in [-0.2, 0) is 13.1 Å². The molecule has 1 aliphatic carbocycles. The summed E-state index contributed by atoms with van der Waals surface area (Å²) in [4.78, 5) is 2.42. The molecule has 0 atom stereocenters. The first-order chi connectivity index (χ1) is 9.17. The summed E-state index contributed by atoms with van der Waals surface area (Å²) in [7, 11) is 0. The highest BCUT2D eigenvalue weighted by atomic mass is 15.1. The van der Waals surface area contributed by atoms with Gasteiger partial charge in [0.05, 0.1) is 0 Å². The third kappa shape index (κ3) is 5.17. The van der Waals surface area contributed by atoms with Crippen LogP contribution in [0.3, 0.4) is 0 Å². The summed E-state index contributed by atoms with van der Waals surface area (Å²) in [6, 6.07) is 9.79. The van der Waals surface area contributed by atoms with E-state index in [0.29, 0.717) is 0 Å². The van der Waals surface area contributed by atoms with E-state index in [-0.39, 0.29) is 0 Å². The second-order valence-electron chi connectivity index (χ2n) is 5.73. The van der Waals surface area contributed by atoms with Crippen molar-refractivity contribution in [2.45, 2.75) is 45.8 Å². The first kappa shape index (κ1) is 14.3. The molecule has 1 saturated carbocycles. The summed E-state index contributed by atoms with van der Waals surface area (Å²) in [5.74, 6) is 0. The van der Waals surface area contributed by atoms with Crippen LogP contribution < -0.4 is 5.32 Å². The maximum atomic E-state index is 4.00. The Hall–Kier alpha value is -1.12. The average molecular weight is 258 g/mol. The van der Waals surface area contributed by atoms with E-state index >= 15 is 0 Å². The summed E-state index contributed by atoms with van der Waals surface area (Å²) in [6.45, 7) is 12.4. The molecule has 0 saturated heterocycles. The number of nitrogens with zero attached hydrogens (tertiary/aromatic N) is 1. The van der Waals surface area contributed by atoms with Crippen molar-refractivity contribution in [3.8, 4) is 0 Å². The van der Waals surface area contributed by atoms with Crippen LogP contribution in [-0.4, -0.2) is 24.0 Å². The predicted octanol–water partition coefficient (Wildman–Crippen LogP) is 3.34. The molecule has 104 valence electrons. The first-order valence-corrected chi connectivity index (χ1v) is 7.35. The molecule has 0 aromatic heterocycles. The van der Waals surface area contributed by atoms with Crippen LogP contribution in [0.25, 0.3) is 0 Å². The van der Waals surface area contributed by atoms with Crippen molar-refractivity contribution in [3.63, 3.8) is 0 Å².